The van der Waals surface area contributed by atoms with Gasteiger partial charge in [-0.3, -0.25) is 9.59 Å². The van der Waals surface area contributed by atoms with E-state index in [2.05, 4.69) is 10.3 Å². The fourth-order valence-corrected chi connectivity index (χ4v) is 2.83. The Kier molecular flexibility index (Phi) is 5.24. The first kappa shape index (κ1) is 19.6. The minimum absolute atomic E-state index is 0.211. The Bertz CT molecular complexity index is 1070. The van der Waals surface area contributed by atoms with E-state index in [0.717, 1.165) is 12.1 Å². The standard InChI is InChI=1S/C20H17F3N2O3/c1-11(10-26)24-19(28)13-4-7-16-14(8-13)9-17(27)25-18(16)12-2-5-15(6-3-12)20(21,22)23/h2-9,11,26H,10H2,1H3,(H,24,28)(H,25,27)/t11-/m1/s1. The normalized spacial score (nSPS) is 12.8. The summed E-state index contributed by atoms with van der Waals surface area (Å²) in [6, 6.07) is 10.1. The highest BCUT2D eigenvalue weighted by Gasteiger charge is 2.30. The number of carbonyl (C=O) groups excluding carboxylic acids is 1. The molecule has 8 heteroatoms. The van der Waals surface area contributed by atoms with Crippen LogP contribution in [0.2, 0.25) is 0 Å². The Hall–Kier alpha value is -3.13. The molecule has 1 aromatic heterocycles. The van der Waals surface area contributed by atoms with Gasteiger partial charge in [0.25, 0.3) is 5.91 Å². The molecule has 0 fully saturated rings. The van der Waals surface area contributed by atoms with Gasteiger partial charge in [-0.1, -0.05) is 18.2 Å². The van der Waals surface area contributed by atoms with Crippen molar-refractivity contribution in [2.75, 3.05) is 6.61 Å². The zero-order valence-electron chi connectivity index (χ0n) is 14.8. The van der Waals surface area contributed by atoms with Gasteiger partial charge in [0, 0.05) is 23.1 Å². The summed E-state index contributed by atoms with van der Waals surface area (Å²) < 4.78 is 38.3. The van der Waals surface area contributed by atoms with E-state index in [4.69, 9.17) is 5.11 Å². The number of aromatic amines is 1. The Morgan fingerprint density at radius 1 is 1.14 bits per heavy atom. The van der Waals surface area contributed by atoms with Crippen LogP contribution in [0.25, 0.3) is 22.0 Å². The third-order valence-electron chi connectivity index (χ3n) is 4.27. The molecule has 1 amide bonds. The maximum Gasteiger partial charge on any atom is 0.416 e. The molecule has 0 aliphatic heterocycles. The molecule has 0 aliphatic carbocycles. The summed E-state index contributed by atoms with van der Waals surface area (Å²) >= 11 is 0. The number of carbonyl (C=O) groups is 1. The van der Waals surface area contributed by atoms with Crippen LogP contribution in [0.3, 0.4) is 0 Å². The van der Waals surface area contributed by atoms with Gasteiger partial charge in [0.15, 0.2) is 0 Å². The first-order valence-electron chi connectivity index (χ1n) is 8.45. The fraction of sp³-hybridized carbons (Fsp3) is 0.200. The van der Waals surface area contributed by atoms with E-state index in [1.54, 1.807) is 19.1 Å². The molecule has 1 heterocycles. The van der Waals surface area contributed by atoms with Crippen LogP contribution in [0.4, 0.5) is 13.2 Å². The largest absolute Gasteiger partial charge is 0.416 e. The molecule has 0 saturated carbocycles. The molecular weight excluding hydrogens is 373 g/mol. The van der Waals surface area contributed by atoms with Gasteiger partial charge in [-0.2, -0.15) is 13.2 Å². The van der Waals surface area contributed by atoms with Gasteiger partial charge in [0.2, 0.25) is 5.56 Å². The molecule has 3 rings (SSSR count). The summed E-state index contributed by atoms with van der Waals surface area (Å²) in [5, 5.41) is 12.7. The summed E-state index contributed by atoms with van der Waals surface area (Å²) in [6.07, 6.45) is -4.45. The summed E-state index contributed by atoms with van der Waals surface area (Å²) in [6.45, 7) is 1.43. The van der Waals surface area contributed by atoms with E-state index in [1.807, 2.05) is 0 Å². The van der Waals surface area contributed by atoms with Crippen molar-refractivity contribution in [3.05, 3.63) is 70.0 Å². The molecule has 0 aliphatic rings. The van der Waals surface area contributed by atoms with Gasteiger partial charge in [0.1, 0.15) is 0 Å². The summed E-state index contributed by atoms with van der Waals surface area (Å²) in [4.78, 5) is 26.9. The first-order chi connectivity index (χ1) is 13.2. The Morgan fingerprint density at radius 3 is 2.43 bits per heavy atom. The molecule has 0 radical (unpaired) electrons. The van der Waals surface area contributed by atoms with E-state index < -0.39 is 29.2 Å². The summed E-state index contributed by atoms with van der Waals surface area (Å²) in [5.74, 6) is -0.403. The van der Waals surface area contributed by atoms with Crippen molar-refractivity contribution in [2.45, 2.75) is 19.1 Å². The average Bonchev–Trinajstić information content (AvgIpc) is 2.66. The fourth-order valence-electron chi connectivity index (χ4n) is 2.83. The smallest absolute Gasteiger partial charge is 0.394 e. The highest BCUT2D eigenvalue weighted by Crippen LogP contribution is 2.32. The molecule has 3 aromatic rings. The molecule has 0 saturated heterocycles. The minimum atomic E-state index is -4.45. The molecular formula is C20H17F3N2O3. The van der Waals surface area contributed by atoms with Crippen molar-refractivity contribution >= 4 is 16.7 Å². The number of H-pyrrole nitrogens is 1. The average molecular weight is 390 g/mol. The molecule has 146 valence electrons. The quantitative estimate of drug-likeness (QED) is 0.639. The Morgan fingerprint density at radius 2 is 1.82 bits per heavy atom. The lowest BCUT2D eigenvalue weighted by Crippen LogP contribution is -2.34. The lowest BCUT2D eigenvalue weighted by atomic mass is 10.0. The zero-order chi connectivity index (χ0) is 20.5. The molecule has 28 heavy (non-hydrogen) atoms. The van der Waals surface area contributed by atoms with Crippen LogP contribution >= 0.6 is 0 Å². The van der Waals surface area contributed by atoms with Crippen molar-refractivity contribution in [2.24, 2.45) is 0 Å². The van der Waals surface area contributed by atoms with Gasteiger partial charge < -0.3 is 15.4 Å². The van der Waals surface area contributed by atoms with Gasteiger partial charge in [-0.05, 0) is 42.1 Å². The summed E-state index contributed by atoms with van der Waals surface area (Å²) in [5.41, 5.74) is -0.134. The van der Waals surface area contributed by atoms with E-state index in [0.29, 0.717) is 27.6 Å². The van der Waals surface area contributed by atoms with Gasteiger partial charge in [0.05, 0.1) is 17.9 Å². The lowest BCUT2D eigenvalue weighted by Gasteiger charge is -2.12. The monoisotopic (exact) mass is 390 g/mol. The van der Waals surface area contributed by atoms with Crippen molar-refractivity contribution in [1.82, 2.24) is 10.3 Å². The van der Waals surface area contributed by atoms with Crippen LogP contribution in [0.1, 0.15) is 22.8 Å². The summed E-state index contributed by atoms with van der Waals surface area (Å²) in [7, 11) is 0. The Labute approximate surface area is 157 Å². The highest BCUT2D eigenvalue weighted by molar-refractivity contribution is 6.01. The maximum atomic E-state index is 12.8. The predicted molar refractivity (Wildman–Crippen MR) is 99.0 cm³/mol. The lowest BCUT2D eigenvalue weighted by molar-refractivity contribution is -0.137. The third-order valence-corrected chi connectivity index (χ3v) is 4.27. The van der Waals surface area contributed by atoms with Gasteiger partial charge in [-0.15, -0.1) is 0 Å². The molecule has 0 bridgehead atoms. The molecule has 1 atom stereocenters. The predicted octanol–water partition coefficient (Wildman–Crippen LogP) is 3.32. The van der Waals surface area contributed by atoms with Crippen molar-refractivity contribution in [3.8, 4) is 11.3 Å². The highest BCUT2D eigenvalue weighted by atomic mass is 19.4. The van der Waals surface area contributed by atoms with E-state index in [9.17, 15) is 22.8 Å². The number of alkyl halides is 3. The molecule has 5 nitrogen and oxygen atoms in total. The number of hydrogen-bond acceptors (Lipinski definition) is 3. The molecule has 0 unspecified atom stereocenters. The van der Waals surface area contributed by atoms with Crippen LogP contribution in [0.15, 0.2) is 53.3 Å². The first-order valence-corrected chi connectivity index (χ1v) is 8.45. The molecule has 2 aromatic carbocycles. The van der Waals surface area contributed by atoms with E-state index in [-0.39, 0.29) is 6.61 Å². The number of aliphatic hydroxyl groups is 1. The number of benzene rings is 2. The number of rotatable bonds is 4. The minimum Gasteiger partial charge on any atom is -0.394 e. The van der Waals surface area contributed by atoms with Gasteiger partial charge in [-0.25, -0.2) is 0 Å². The second-order valence-corrected chi connectivity index (χ2v) is 6.44. The van der Waals surface area contributed by atoms with Crippen molar-refractivity contribution < 1.29 is 23.1 Å². The molecule has 0 spiro atoms. The van der Waals surface area contributed by atoms with E-state index in [1.165, 1.54) is 24.3 Å². The number of pyridine rings is 1. The number of halogens is 3. The Balaban J connectivity index is 2.05. The second kappa shape index (κ2) is 7.47. The number of hydrogen-bond donors (Lipinski definition) is 3. The van der Waals surface area contributed by atoms with Gasteiger partial charge >= 0.3 is 6.18 Å². The third kappa shape index (κ3) is 4.07. The maximum absolute atomic E-state index is 12.8. The van der Waals surface area contributed by atoms with Crippen LogP contribution in [-0.4, -0.2) is 28.6 Å². The number of aliphatic hydroxyl groups excluding tert-OH is 1. The zero-order valence-corrected chi connectivity index (χ0v) is 14.8. The number of nitrogens with one attached hydrogen (secondary N) is 2. The van der Waals surface area contributed by atoms with Crippen LogP contribution < -0.4 is 10.9 Å². The number of aromatic nitrogens is 1. The van der Waals surface area contributed by atoms with Crippen LogP contribution in [0.5, 0.6) is 0 Å². The van der Waals surface area contributed by atoms with Crippen molar-refractivity contribution in [3.63, 3.8) is 0 Å². The SMILES string of the molecule is C[C@H](CO)NC(=O)c1ccc2c(-c3ccc(C(F)(F)F)cc3)[nH]c(=O)cc2c1. The van der Waals surface area contributed by atoms with Crippen molar-refractivity contribution in [1.29, 1.82) is 0 Å². The second-order valence-electron chi connectivity index (χ2n) is 6.44. The number of fused-ring (bicyclic) bond motifs is 1. The molecule has 3 N–H and O–H groups in total. The topological polar surface area (TPSA) is 82.2 Å². The van der Waals surface area contributed by atoms with Crippen LogP contribution in [-0.2, 0) is 6.18 Å². The van der Waals surface area contributed by atoms with E-state index >= 15 is 0 Å². The van der Waals surface area contributed by atoms with Crippen LogP contribution in [0, 0.1) is 0 Å². The number of amides is 1.